The summed E-state index contributed by atoms with van der Waals surface area (Å²) in [4.78, 5) is 9.75. The van der Waals surface area contributed by atoms with Crippen molar-refractivity contribution in [1.82, 2.24) is 5.12 Å². The van der Waals surface area contributed by atoms with Gasteiger partial charge in [-0.3, -0.25) is 0 Å². The van der Waals surface area contributed by atoms with Crippen LogP contribution in [0.2, 0.25) is 0 Å². The van der Waals surface area contributed by atoms with Gasteiger partial charge >= 0.3 is 6.09 Å². The van der Waals surface area contributed by atoms with Gasteiger partial charge in [0.2, 0.25) is 0 Å². The standard InChI is InChI=1S/C4H7FINO2/c5-7(4(8)9)3-1-2-6/h1-3H2,(H,8,9). The van der Waals surface area contributed by atoms with Crippen LogP contribution in [0.25, 0.3) is 0 Å². The second kappa shape index (κ2) is 4.78. The summed E-state index contributed by atoms with van der Waals surface area (Å²) in [5, 5.41) is 7.75. The highest BCUT2D eigenvalue weighted by molar-refractivity contribution is 14.1. The minimum absolute atomic E-state index is 0.0295. The SMILES string of the molecule is O=C(O)N(F)CCCI. The lowest BCUT2D eigenvalue weighted by Gasteiger charge is -2.04. The van der Waals surface area contributed by atoms with Crippen LogP contribution in [-0.2, 0) is 0 Å². The molecule has 0 aliphatic rings. The second-order valence-corrected chi connectivity index (χ2v) is 2.49. The average molecular weight is 247 g/mol. The van der Waals surface area contributed by atoms with E-state index in [1.165, 1.54) is 0 Å². The van der Waals surface area contributed by atoms with Gasteiger partial charge in [0.1, 0.15) is 0 Å². The van der Waals surface area contributed by atoms with E-state index >= 15 is 0 Å². The predicted octanol–water partition coefficient (Wildman–Crippen LogP) is 1.68. The Balaban J connectivity index is 3.27. The first kappa shape index (κ1) is 8.93. The molecule has 1 N–H and O–H groups in total. The Bertz CT molecular complexity index is 101. The number of hydrogen-bond acceptors (Lipinski definition) is 1. The van der Waals surface area contributed by atoms with E-state index in [1.807, 2.05) is 0 Å². The maximum Gasteiger partial charge on any atom is 0.435 e. The molecule has 0 rings (SSSR count). The normalized spacial score (nSPS) is 9.11. The molecule has 0 bridgehead atoms. The van der Waals surface area contributed by atoms with Crippen LogP contribution in [0.15, 0.2) is 0 Å². The fourth-order valence-corrected chi connectivity index (χ4v) is 0.635. The van der Waals surface area contributed by atoms with Crippen molar-refractivity contribution in [3.8, 4) is 0 Å². The Morgan fingerprint density at radius 1 is 1.78 bits per heavy atom. The molecule has 0 aliphatic heterocycles. The molecular weight excluding hydrogens is 240 g/mol. The molecule has 0 aromatic heterocycles. The fraction of sp³-hybridized carbons (Fsp3) is 0.750. The summed E-state index contributed by atoms with van der Waals surface area (Å²) in [5.74, 6) is 0. The molecule has 0 radical (unpaired) electrons. The van der Waals surface area contributed by atoms with Crippen LogP contribution in [-0.4, -0.2) is 27.3 Å². The third-order valence-corrected chi connectivity index (χ3v) is 1.46. The zero-order chi connectivity index (χ0) is 7.28. The first-order chi connectivity index (χ1) is 4.18. The highest BCUT2D eigenvalue weighted by Crippen LogP contribution is 1.95. The molecule has 9 heavy (non-hydrogen) atoms. The van der Waals surface area contributed by atoms with Gasteiger partial charge in [0.25, 0.3) is 0 Å². The summed E-state index contributed by atoms with van der Waals surface area (Å²) in [6.45, 7) is -0.0295. The maximum absolute atomic E-state index is 11.9. The molecule has 0 fully saturated rings. The molecule has 0 saturated carbocycles. The van der Waals surface area contributed by atoms with E-state index in [1.54, 1.807) is 0 Å². The Morgan fingerprint density at radius 2 is 2.33 bits per heavy atom. The summed E-state index contributed by atoms with van der Waals surface area (Å²) < 4.78 is 12.7. The molecule has 1 amide bonds. The molecule has 54 valence electrons. The van der Waals surface area contributed by atoms with Gasteiger partial charge in [-0.15, -0.1) is 5.12 Å². The van der Waals surface area contributed by atoms with E-state index in [-0.39, 0.29) is 11.7 Å². The Kier molecular flexibility index (Phi) is 4.74. The molecule has 0 heterocycles. The van der Waals surface area contributed by atoms with Crippen LogP contribution in [0.4, 0.5) is 9.28 Å². The Hall–Kier alpha value is -0.0700. The lowest BCUT2D eigenvalue weighted by atomic mass is 10.5. The number of carbonyl (C=O) groups is 1. The monoisotopic (exact) mass is 247 g/mol. The number of hydrogen-bond donors (Lipinski definition) is 1. The summed E-state index contributed by atoms with van der Waals surface area (Å²) in [7, 11) is 0. The van der Waals surface area contributed by atoms with Crippen molar-refractivity contribution >= 4 is 28.7 Å². The molecule has 0 spiro atoms. The minimum Gasteiger partial charge on any atom is -0.463 e. The van der Waals surface area contributed by atoms with Crippen LogP contribution in [0, 0.1) is 0 Å². The van der Waals surface area contributed by atoms with Crippen molar-refractivity contribution in [3.05, 3.63) is 0 Å². The molecular formula is C4H7FINO2. The zero-order valence-corrected chi connectivity index (χ0v) is 6.84. The van der Waals surface area contributed by atoms with Crippen LogP contribution in [0.5, 0.6) is 0 Å². The van der Waals surface area contributed by atoms with E-state index < -0.39 is 6.09 Å². The van der Waals surface area contributed by atoms with E-state index in [2.05, 4.69) is 22.6 Å². The summed E-state index contributed by atoms with van der Waals surface area (Å²) >= 11 is 2.06. The molecule has 0 saturated heterocycles. The molecule has 0 atom stereocenters. The van der Waals surface area contributed by atoms with E-state index in [9.17, 15) is 9.28 Å². The van der Waals surface area contributed by atoms with Gasteiger partial charge in [-0.1, -0.05) is 27.1 Å². The molecule has 0 aliphatic carbocycles. The summed E-state index contributed by atoms with van der Waals surface area (Å²) in [6.07, 6.45) is -0.955. The van der Waals surface area contributed by atoms with Crippen molar-refractivity contribution in [2.75, 3.05) is 11.0 Å². The van der Waals surface area contributed by atoms with E-state index in [0.29, 0.717) is 6.42 Å². The first-order valence-electron chi connectivity index (χ1n) is 2.40. The second-order valence-electron chi connectivity index (χ2n) is 1.41. The largest absolute Gasteiger partial charge is 0.463 e. The van der Waals surface area contributed by atoms with Gasteiger partial charge in [0.05, 0.1) is 6.54 Å². The minimum atomic E-state index is -1.51. The first-order valence-corrected chi connectivity index (χ1v) is 3.93. The van der Waals surface area contributed by atoms with E-state index in [4.69, 9.17) is 5.11 Å². The highest BCUT2D eigenvalue weighted by Gasteiger charge is 2.07. The van der Waals surface area contributed by atoms with Crippen molar-refractivity contribution in [2.45, 2.75) is 6.42 Å². The molecule has 0 aromatic rings. The number of alkyl halides is 1. The molecule has 5 heteroatoms. The zero-order valence-electron chi connectivity index (χ0n) is 4.68. The van der Waals surface area contributed by atoms with Gasteiger partial charge < -0.3 is 5.11 Å². The number of carboxylic acid groups (broad SMARTS) is 1. The predicted molar refractivity (Wildman–Crippen MR) is 39.3 cm³/mol. The summed E-state index contributed by atoms with van der Waals surface area (Å²) in [5.41, 5.74) is 0. The van der Waals surface area contributed by atoms with Gasteiger partial charge in [-0.2, -0.15) is 0 Å². The highest BCUT2D eigenvalue weighted by atomic mass is 127. The van der Waals surface area contributed by atoms with Gasteiger partial charge in [-0.25, -0.2) is 4.79 Å². The third-order valence-electron chi connectivity index (χ3n) is 0.696. The number of nitrogens with zero attached hydrogens (tertiary/aromatic N) is 1. The maximum atomic E-state index is 11.9. The van der Waals surface area contributed by atoms with Crippen molar-refractivity contribution in [2.24, 2.45) is 0 Å². The number of rotatable bonds is 3. The lowest BCUT2D eigenvalue weighted by molar-refractivity contribution is 0.0325. The number of halogens is 2. The smallest absolute Gasteiger partial charge is 0.435 e. The topological polar surface area (TPSA) is 40.5 Å². The van der Waals surface area contributed by atoms with Gasteiger partial charge in [0, 0.05) is 4.43 Å². The number of amides is 1. The van der Waals surface area contributed by atoms with Crippen LogP contribution < -0.4 is 0 Å². The van der Waals surface area contributed by atoms with Crippen LogP contribution in [0.3, 0.4) is 0 Å². The van der Waals surface area contributed by atoms with E-state index in [0.717, 1.165) is 4.43 Å². The third kappa shape index (κ3) is 4.43. The van der Waals surface area contributed by atoms with Gasteiger partial charge in [-0.05, 0) is 6.42 Å². The lowest BCUT2D eigenvalue weighted by Crippen LogP contribution is -2.21. The summed E-state index contributed by atoms with van der Waals surface area (Å²) in [6, 6.07) is 0. The molecule has 3 nitrogen and oxygen atoms in total. The molecule has 0 unspecified atom stereocenters. The van der Waals surface area contributed by atoms with Gasteiger partial charge in [0.15, 0.2) is 0 Å². The average Bonchev–Trinajstić information content (AvgIpc) is 1.82. The Labute approximate surface area is 65.9 Å². The molecule has 0 aromatic carbocycles. The van der Waals surface area contributed by atoms with Crippen molar-refractivity contribution < 1.29 is 14.4 Å². The van der Waals surface area contributed by atoms with Crippen molar-refractivity contribution in [3.63, 3.8) is 0 Å². The fourth-order valence-electron chi connectivity index (χ4n) is 0.294. The van der Waals surface area contributed by atoms with Crippen LogP contribution >= 0.6 is 22.6 Å². The van der Waals surface area contributed by atoms with Crippen LogP contribution in [0.1, 0.15) is 6.42 Å². The Morgan fingerprint density at radius 3 is 2.67 bits per heavy atom. The quantitative estimate of drug-likeness (QED) is 0.468. The van der Waals surface area contributed by atoms with Crippen molar-refractivity contribution in [1.29, 1.82) is 0 Å².